The van der Waals surface area contributed by atoms with Crippen molar-refractivity contribution in [1.82, 2.24) is 30.7 Å². The molecule has 0 bridgehead atoms. The van der Waals surface area contributed by atoms with E-state index in [1.54, 1.807) is 11.1 Å². The van der Waals surface area contributed by atoms with Crippen LogP contribution in [0.25, 0.3) is 11.5 Å². The van der Waals surface area contributed by atoms with Gasteiger partial charge >= 0.3 is 6.03 Å². The smallest absolute Gasteiger partial charge is 0.314 e. The standard InChI is InChI=1S/C16H20N6O3/c1-17-16(24)19-10-13(23)22-8-5-11(6-9-22)15-20-14(21-25-15)12-4-2-3-7-18-12/h2-4,7,11H,5-6,8-10H2,1H3,(H2,17,19,24). The highest BCUT2D eigenvalue weighted by atomic mass is 16.5. The Hall–Kier alpha value is -2.97. The van der Waals surface area contributed by atoms with E-state index in [0.717, 1.165) is 12.8 Å². The van der Waals surface area contributed by atoms with Crippen LogP contribution >= 0.6 is 0 Å². The van der Waals surface area contributed by atoms with Gasteiger partial charge in [-0.15, -0.1) is 0 Å². The summed E-state index contributed by atoms with van der Waals surface area (Å²) in [5, 5.41) is 8.91. The second-order valence-electron chi connectivity index (χ2n) is 5.76. The number of likely N-dealkylation sites (tertiary alicyclic amines) is 1. The molecule has 1 saturated heterocycles. The van der Waals surface area contributed by atoms with Gasteiger partial charge in [0.25, 0.3) is 0 Å². The number of nitrogens with one attached hydrogen (secondary N) is 2. The summed E-state index contributed by atoms with van der Waals surface area (Å²) >= 11 is 0. The first kappa shape index (κ1) is 16.9. The Balaban J connectivity index is 1.53. The van der Waals surface area contributed by atoms with Gasteiger partial charge in [0.2, 0.25) is 17.6 Å². The molecule has 1 aliphatic heterocycles. The van der Waals surface area contributed by atoms with E-state index in [2.05, 4.69) is 25.8 Å². The first-order valence-corrected chi connectivity index (χ1v) is 8.15. The molecular weight excluding hydrogens is 324 g/mol. The number of rotatable bonds is 4. The highest BCUT2D eigenvalue weighted by Gasteiger charge is 2.27. The van der Waals surface area contributed by atoms with E-state index in [1.165, 1.54) is 7.05 Å². The Morgan fingerprint density at radius 1 is 1.32 bits per heavy atom. The lowest BCUT2D eigenvalue weighted by atomic mass is 9.96. The largest absolute Gasteiger partial charge is 0.341 e. The van der Waals surface area contributed by atoms with Crippen LogP contribution in [0.5, 0.6) is 0 Å². The van der Waals surface area contributed by atoms with Crippen LogP contribution in [-0.2, 0) is 4.79 Å². The molecule has 0 atom stereocenters. The molecule has 0 aliphatic carbocycles. The van der Waals surface area contributed by atoms with Gasteiger partial charge in [0.05, 0.1) is 6.54 Å². The molecule has 2 aromatic heterocycles. The Bertz CT molecular complexity index is 724. The third-order valence-corrected chi connectivity index (χ3v) is 4.16. The van der Waals surface area contributed by atoms with E-state index >= 15 is 0 Å². The molecule has 0 radical (unpaired) electrons. The van der Waals surface area contributed by atoms with Crippen molar-refractivity contribution in [2.45, 2.75) is 18.8 Å². The van der Waals surface area contributed by atoms with Crippen molar-refractivity contribution in [1.29, 1.82) is 0 Å². The van der Waals surface area contributed by atoms with Gasteiger partial charge in [0, 0.05) is 32.3 Å². The van der Waals surface area contributed by atoms with Gasteiger partial charge in [-0.05, 0) is 25.0 Å². The third-order valence-electron chi connectivity index (χ3n) is 4.16. The maximum absolute atomic E-state index is 12.1. The maximum Gasteiger partial charge on any atom is 0.314 e. The van der Waals surface area contributed by atoms with Gasteiger partial charge in [0.15, 0.2) is 0 Å². The van der Waals surface area contributed by atoms with Crippen molar-refractivity contribution < 1.29 is 14.1 Å². The second kappa shape index (κ2) is 7.73. The zero-order valence-electron chi connectivity index (χ0n) is 13.9. The molecule has 3 heterocycles. The Kier molecular flexibility index (Phi) is 5.22. The van der Waals surface area contributed by atoms with E-state index in [1.807, 2.05) is 18.2 Å². The zero-order chi connectivity index (χ0) is 17.6. The number of hydrogen-bond acceptors (Lipinski definition) is 6. The Labute approximate surface area is 144 Å². The fourth-order valence-corrected chi connectivity index (χ4v) is 2.73. The first-order valence-electron chi connectivity index (χ1n) is 8.15. The predicted molar refractivity (Wildman–Crippen MR) is 88.5 cm³/mol. The molecule has 25 heavy (non-hydrogen) atoms. The minimum Gasteiger partial charge on any atom is -0.341 e. The molecule has 0 spiro atoms. The second-order valence-corrected chi connectivity index (χ2v) is 5.76. The molecule has 1 fully saturated rings. The number of pyridine rings is 1. The number of hydrogen-bond donors (Lipinski definition) is 2. The topological polar surface area (TPSA) is 113 Å². The van der Waals surface area contributed by atoms with Crippen LogP contribution in [0.15, 0.2) is 28.9 Å². The quantitative estimate of drug-likeness (QED) is 0.847. The van der Waals surface area contributed by atoms with Crippen LogP contribution in [0.2, 0.25) is 0 Å². The molecule has 2 N–H and O–H groups in total. The fourth-order valence-electron chi connectivity index (χ4n) is 2.73. The number of amides is 3. The van der Waals surface area contributed by atoms with Gasteiger partial charge in [-0.1, -0.05) is 11.2 Å². The molecule has 0 saturated carbocycles. The average molecular weight is 344 g/mol. The molecule has 0 aromatic carbocycles. The highest BCUT2D eigenvalue weighted by Crippen LogP contribution is 2.28. The minimum absolute atomic E-state index is 0.00524. The molecule has 0 unspecified atom stereocenters. The maximum atomic E-state index is 12.1. The summed E-state index contributed by atoms with van der Waals surface area (Å²) < 4.78 is 5.38. The Morgan fingerprint density at radius 2 is 2.12 bits per heavy atom. The summed E-state index contributed by atoms with van der Waals surface area (Å²) in [5.41, 5.74) is 0.672. The summed E-state index contributed by atoms with van der Waals surface area (Å²) in [7, 11) is 1.51. The van der Waals surface area contributed by atoms with Crippen molar-refractivity contribution in [3.05, 3.63) is 30.3 Å². The van der Waals surface area contributed by atoms with E-state index < -0.39 is 0 Å². The molecular formula is C16H20N6O3. The van der Waals surface area contributed by atoms with Crippen LogP contribution in [0.3, 0.4) is 0 Å². The van der Waals surface area contributed by atoms with Gasteiger partial charge in [-0.25, -0.2) is 4.79 Å². The molecule has 9 heteroatoms. The van der Waals surface area contributed by atoms with Crippen molar-refractivity contribution in [2.24, 2.45) is 0 Å². The number of carbonyl (C=O) groups excluding carboxylic acids is 2. The van der Waals surface area contributed by atoms with Crippen molar-refractivity contribution in [2.75, 3.05) is 26.7 Å². The van der Waals surface area contributed by atoms with E-state index in [-0.39, 0.29) is 24.4 Å². The fraction of sp³-hybridized carbons (Fsp3) is 0.438. The summed E-state index contributed by atoms with van der Waals surface area (Å²) in [4.78, 5) is 33.6. The normalized spacial score (nSPS) is 15.0. The zero-order valence-corrected chi connectivity index (χ0v) is 13.9. The number of piperidine rings is 1. The highest BCUT2D eigenvalue weighted by molar-refractivity contribution is 5.83. The van der Waals surface area contributed by atoms with Crippen LogP contribution < -0.4 is 10.6 Å². The molecule has 3 amide bonds. The van der Waals surface area contributed by atoms with E-state index in [4.69, 9.17) is 4.52 Å². The summed E-state index contributed by atoms with van der Waals surface area (Å²) in [5.74, 6) is 1.09. The molecule has 132 valence electrons. The summed E-state index contributed by atoms with van der Waals surface area (Å²) in [6, 6.07) is 5.16. The molecule has 2 aromatic rings. The number of nitrogens with zero attached hydrogens (tertiary/aromatic N) is 4. The van der Waals surface area contributed by atoms with Crippen molar-refractivity contribution in [3.63, 3.8) is 0 Å². The van der Waals surface area contributed by atoms with Crippen molar-refractivity contribution in [3.8, 4) is 11.5 Å². The lowest BCUT2D eigenvalue weighted by molar-refractivity contribution is -0.131. The van der Waals surface area contributed by atoms with Gasteiger partial charge in [-0.2, -0.15) is 4.98 Å². The predicted octanol–water partition coefficient (Wildman–Crippen LogP) is 0.767. The van der Waals surface area contributed by atoms with E-state index in [9.17, 15) is 9.59 Å². The lowest BCUT2D eigenvalue weighted by Gasteiger charge is -2.30. The Morgan fingerprint density at radius 3 is 2.80 bits per heavy atom. The molecule has 1 aliphatic rings. The molecule has 3 rings (SSSR count). The van der Waals surface area contributed by atoms with Crippen LogP contribution in [0.4, 0.5) is 4.79 Å². The summed E-state index contributed by atoms with van der Waals surface area (Å²) in [6.07, 6.45) is 3.17. The SMILES string of the molecule is CNC(=O)NCC(=O)N1CCC(c2nc(-c3ccccn3)no2)CC1. The minimum atomic E-state index is -0.365. The lowest BCUT2D eigenvalue weighted by Crippen LogP contribution is -2.45. The first-order chi connectivity index (χ1) is 12.2. The van der Waals surface area contributed by atoms with Gasteiger partial charge in [-0.3, -0.25) is 9.78 Å². The van der Waals surface area contributed by atoms with Crippen LogP contribution in [0.1, 0.15) is 24.7 Å². The number of urea groups is 1. The monoisotopic (exact) mass is 344 g/mol. The molecule has 9 nitrogen and oxygen atoms in total. The average Bonchev–Trinajstić information content (AvgIpc) is 3.17. The van der Waals surface area contributed by atoms with Gasteiger partial charge < -0.3 is 20.1 Å². The number of aromatic nitrogens is 3. The van der Waals surface area contributed by atoms with Crippen LogP contribution in [-0.4, -0.2) is 58.6 Å². The van der Waals surface area contributed by atoms with Crippen LogP contribution in [0, 0.1) is 0 Å². The van der Waals surface area contributed by atoms with Gasteiger partial charge in [0.1, 0.15) is 5.69 Å². The number of carbonyl (C=O) groups is 2. The van der Waals surface area contributed by atoms with Crippen molar-refractivity contribution >= 4 is 11.9 Å². The summed E-state index contributed by atoms with van der Waals surface area (Å²) in [6.45, 7) is 1.19. The third kappa shape index (κ3) is 4.11. The van der Waals surface area contributed by atoms with E-state index in [0.29, 0.717) is 30.5 Å².